The second-order valence-electron chi connectivity index (χ2n) is 9.21. The number of nitrogens with zero attached hydrogens (tertiary/aromatic N) is 3. The molecule has 4 saturated carbocycles. The molecule has 0 bridgehead atoms. The summed E-state index contributed by atoms with van der Waals surface area (Å²) in [6.07, 6.45) is 10.2. The summed E-state index contributed by atoms with van der Waals surface area (Å²) in [6, 6.07) is 0.219. The number of rotatable bonds is 1. The first-order valence-corrected chi connectivity index (χ1v) is 9.56. The molecule has 7 atom stereocenters. The summed E-state index contributed by atoms with van der Waals surface area (Å²) in [6.45, 7) is 4.77. The molecular weight excluding hydrogens is 286 g/mol. The molecule has 0 radical (unpaired) electrons. The third-order valence-corrected chi connectivity index (χ3v) is 8.56. The van der Waals surface area contributed by atoms with Crippen molar-refractivity contribution in [3.8, 4) is 0 Å². The minimum atomic E-state index is -0.00727. The Bertz CT molecular complexity index is 569. The molecule has 0 aromatic rings. The van der Waals surface area contributed by atoms with E-state index in [0.29, 0.717) is 17.1 Å². The number of carbonyl (C=O) groups is 1. The quantitative estimate of drug-likeness (QED) is 0.369. The van der Waals surface area contributed by atoms with Gasteiger partial charge in [-0.3, -0.25) is 4.79 Å². The normalized spacial score (nSPS) is 52.1. The third kappa shape index (κ3) is 2.10. The number of Topliss-reactive ketones (excluding diaryl/α,β-unsaturated/α-hetero) is 1. The van der Waals surface area contributed by atoms with Gasteiger partial charge in [-0.05, 0) is 86.0 Å². The largest absolute Gasteiger partial charge is 0.299 e. The molecule has 0 heterocycles. The van der Waals surface area contributed by atoms with Gasteiger partial charge in [-0.1, -0.05) is 19.0 Å². The Hall–Kier alpha value is -1.02. The molecule has 0 saturated heterocycles. The minimum Gasteiger partial charge on any atom is -0.299 e. The van der Waals surface area contributed by atoms with Crippen molar-refractivity contribution in [1.82, 2.24) is 0 Å². The lowest BCUT2D eigenvalue weighted by molar-refractivity contribution is -0.139. The van der Waals surface area contributed by atoms with E-state index in [4.69, 9.17) is 5.53 Å². The Morgan fingerprint density at radius 1 is 1.09 bits per heavy atom. The van der Waals surface area contributed by atoms with Crippen molar-refractivity contribution in [2.75, 3.05) is 0 Å². The number of azide groups is 1. The van der Waals surface area contributed by atoms with Crippen molar-refractivity contribution in [3.05, 3.63) is 10.4 Å². The number of fused-ring (bicyclic) bond motifs is 5. The predicted molar refractivity (Wildman–Crippen MR) is 89.7 cm³/mol. The van der Waals surface area contributed by atoms with Crippen LogP contribution in [0.15, 0.2) is 5.11 Å². The predicted octanol–water partition coefficient (Wildman–Crippen LogP) is 5.28. The number of hydrogen-bond donors (Lipinski definition) is 0. The van der Waals surface area contributed by atoms with Gasteiger partial charge in [-0.15, -0.1) is 0 Å². The summed E-state index contributed by atoms with van der Waals surface area (Å²) in [7, 11) is 0. The van der Waals surface area contributed by atoms with Crippen molar-refractivity contribution in [3.63, 3.8) is 0 Å². The highest BCUT2D eigenvalue weighted by molar-refractivity contribution is 5.87. The fourth-order valence-electron chi connectivity index (χ4n) is 7.18. The molecule has 0 aromatic heterocycles. The molecule has 0 spiro atoms. The molecule has 4 aliphatic rings. The molecule has 23 heavy (non-hydrogen) atoms. The molecule has 4 aliphatic carbocycles. The number of hydrogen-bond acceptors (Lipinski definition) is 2. The first-order valence-electron chi connectivity index (χ1n) is 9.56. The molecule has 4 rings (SSSR count). The van der Waals surface area contributed by atoms with Gasteiger partial charge in [0.25, 0.3) is 0 Å². The lowest BCUT2D eigenvalue weighted by atomic mass is 9.45. The molecule has 4 nitrogen and oxygen atoms in total. The fourth-order valence-corrected chi connectivity index (χ4v) is 7.18. The van der Waals surface area contributed by atoms with Crippen LogP contribution in [0, 0.1) is 34.5 Å². The lowest BCUT2D eigenvalue weighted by Gasteiger charge is -2.60. The van der Waals surface area contributed by atoms with Gasteiger partial charge in [0.05, 0.1) is 0 Å². The summed E-state index contributed by atoms with van der Waals surface area (Å²) in [5.74, 6) is 3.45. The van der Waals surface area contributed by atoms with Crippen molar-refractivity contribution < 1.29 is 4.79 Å². The van der Waals surface area contributed by atoms with E-state index in [2.05, 4.69) is 23.9 Å². The van der Waals surface area contributed by atoms with Crippen LogP contribution in [-0.2, 0) is 4.79 Å². The first-order chi connectivity index (χ1) is 11.0. The van der Waals surface area contributed by atoms with Crippen molar-refractivity contribution in [2.45, 2.75) is 77.7 Å². The highest BCUT2D eigenvalue weighted by Crippen LogP contribution is 2.65. The zero-order chi connectivity index (χ0) is 16.2. The van der Waals surface area contributed by atoms with E-state index in [9.17, 15) is 4.79 Å². The average molecular weight is 315 g/mol. The Labute approximate surface area is 139 Å². The fraction of sp³-hybridized carbons (Fsp3) is 0.947. The van der Waals surface area contributed by atoms with E-state index in [1.807, 2.05) is 0 Å². The Balaban J connectivity index is 1.59. The van der Waals surface area contributed by atoms with Gasteiger partial charge in [0.1, 0.15) is 5.78 Å². The molecular formula is C19H29N3O. The molecule has 0 aliphatic heterocycles. The van der Waals surface area contributed by atoms with Crippen LogP contribution in [-0.4, -0.2) is 11.8 Å². The standard InChI is InChI=1S/C19H29N3O/c1-18-9-7-13(21-22-20)11-12(18)3-4-14-15-5-6-17(23)19(15,2)10-8-16(14)18/h12-16H,3-11H2,1-2H3/t12?,13?,14-,15-,16+,18-,19-/m0/s1. The van der Waals surface area contributed by atoms with E-state index < -0.39 is 0 Å². The summed E-state index contributed by atoms with van der Waals surface area (Å²) in [5.41, 5.74) is 9.16. The van der Waals surface area contributed by atoms with Crippen LogP contribution in [0.3, 0.4) is 0 Å². The monoisotopic (exact) mass is 315 g/mol. The Morgan fingerprint density at radius 3 is 2.70 bits per heavy atom. The van der Waals surface area contributed by atoms with Gasteiger partial charge in [-0.2, -0.15) is 0 Å². The molecule has 126 valence electrons. The van der Waals surface area contributed by atoms with E-state index in [-0.39, 0.29) is 11.5 Å². The molecule has 0 N–H and O–H groups in total. The van der Waals surface area contributed by atoms with E-state index in [1.165, 1.54) is 25.7 Å². The highest BCUT2D eigenvalue weighted by atomic mass is 16.1. The molecule has 2 unspecified atom stereocenters. The second kappa shape index (κ2) is 5.24. The number of ketones is 1. The van der Waals surface area contributed by atoms with Crippen LogP contribution >= 0.6 is 0 Å². The van der Waals surface area contributed by atoms with Crippen molar-refractivity contribution in [1.29, 1.82) is 0 Å². The van der Waals surface area contributed by atoms with E-state index >= 15 is 0 Å². The van der Waals surface area contributed by atoms with Crippen LogP contribution in [0.5, 0.6) is 0 Å². The number of carbonyl (C=O) groups excluding carboxylic acids is 1. The zero-order valence-electron chi connectivity index (χ0n) is 14.5. The van der Waals surface area contributed by atoms with Crippen LogP contribution in [0.4, 0.5) is 0 Å². The molecule has 0 aromatic carbocycles. The lowest BCUT2D eigenvalue weighted by Crippen LogP contribution is -2.53. The molecule has 0 amide bonds. The summed E-state index contributed by atoms with van der Waals surface area (Å²) < 4.78 is 0. The molecule has 4 heteroatoms. The smallest absolute Gasteiger partial charge is 0.139 e. The topological polar surface area (TPSA) is 65.8 Å². The van der Waals surface area contributed by atoms with Gasteiger partial charge >= 0.3 is 0 Å². The summed E-state index contributed by atoms with van der Waals surface area (Å²) >= 11 is 0. The zero-order valence-corrected chi connectivity index (χ0v) is 14.5. The summed E-state index contributed by atoms with van der Waals surface area (Å²) in [5, 5.41) is 4.02. The van der Waals surface area contributed by atoms with Crippen LogP contribution < -0.4 is 0 Å². The van der Waals surface area contributed by atoms with Crippen molar-refractivity contribution >= 4 is 5.78 Å². The van der Waals surface area contributed by atoms with E-state index in [0.717, 1.165) is 49.9 Å². The SMILES string of the molecule is C[C@]12CCC(N=[N+]=[N-])CC1CC[C@@H]1[C@H]2CC[C@]2(C)C(=O)CC[C@@H]12. The van der Waals surface area contributed by atoms with Crippen LogP contribution in [0.2, 0.25) is 0 Å². The van der Waals surface area contributed by atoms with E-state index in [1.54, 1.807) is 0 Å². The first kappa shape index (κ1) is 15.5. The van der Waals surface area contributed by atoms with Gasteiger partial charge in [-0.25, -0.2) is 0 Å². The Morgan fingerprint density at radius 2 is 1.91 bits per heavy atom. The summed E-state index contributed by atoms with van der Waals surface area (Å²) in [4.78, 5) is 15.5. The second-order valence-corrected chi connectivity index (χ2v) is 9.21. The maximum absolute atomic E-state index is 12.4. The van der Waals surface area contributed by atoms with Gasteiger partial charge < -0.3 is 0 Å². The minimum absolute atomic E-state index is 0.00727. The van der Waals surface area contributed by atoms with Crippen LogP contribution in [0.1, 0.15) is 71.6 Å². The maximum Gasteiger partial charge on any atom is 0.139 e. The van der Waals surface area contributed by atoms with Gasteiger partial charge in [0.15, 0.2) is 0 Å². The average Bonchev–Trinajstić information content (AvgIpc) is 2.84. The highest BCUT2D eigenvalue weighted by Gasteiger charge is 2.60. The van der Waals surface area contributed by atoms with Crippen molar-refractivity contribution in [2.24, 2.45) is 39.6 Å². The Kier molecular flexibility index (Phi) is 3.53. The van der Waals surface area contributed by atoms with Gasteiger partial charge in [0, 0.05) is 22.8 Å². The third-order valence-electron chi connectivity index (χ3n) is 8.56. The maximum atomic E-state index is 12.4. The van der Waals surface area contributed by atoms with Crippen LogP contribution in [0.25, 0.3) is 10.4 Å². The van der Waals surface area contributed by atoms with Gasteiger partial charge in [0.2, 0.25) is 0 Å². The molecule has 4 fully saturated rings.